The minimum absolute atomic E-state index is 0.0685. The lowest BCUT2D eigenvalue weighted by Gasteiger charge is -2.41. The molecule has 196 valence electrons. The minimum atomic E-state index is -0.678. The first-order valence-corrected chi connectivity index (χ1v) is 12.9. The van der Waals surface area contributed by atoms with Crippen molar-refractivity contribution in [2.24, 2.45) is 11.3 Å². The van der Waals surface area contributed by atoms with Crippen LogP contribution in [-0.2, 0) is 19.1 Å². The molecule has 1 aliphatic heterocycles. The highest BCUT2D eigenvalue weighted by Crippen LogP contribution is 2.26. The van der Waals surface area contributed by atoms with Crippen LogP contribution in [0.1, 0.15) is 88.0 Å². The fourth-order valence-corrected chi connectivity index (χ4v) is 4.56. The second-order valence-corrected chi connectivity index (χ2v) is 11.1. The summed E-state index contributed by atoms with van der Waals surface area (Å²) in [5, 5.41) is 3.12. The summed E-state index contributed by atoms with van der Waals surface area (Å²) in [6.07, 6.45) is 5.71. The van der Waals surface area contributed by atoms with Crippen molar-refractivity contribution in [3.05, 3.63) is 11.6 Å². The zero-order valence-electron chi connectivity index (χ0n) is 23.2. The third-order valence-corrected chi connectivity index (χ3v) is 6.90. The smallest absolute Gasteiger partial charge is 0.333 e. The van der Waals surface area contributed by atoms with Gasteiger partial charge in [0.25, 0.3) is 0 Å². The van der Waals surface area contributed by atoms with Crippen molar-refractivity contribution in [1.82, 2.24) is 15.1 Å². The van der Waals surface area contributed by atoms with Crippen LogP contribution in [0.4, 0.5) is 0 Å². The molecular weight excluding hydrogens is 430 g/mol. The molecule has 1 aliphatic rings. The van der Waals surface area contributed by atoms with Crippen molar-refractivity contribution >= 4 is 17.8 Å². The zero-order valence-corrected chi connectivity index (χ0v) is 23.2. The monoisotopic (exact) mass is 479 g/mol. The number of nitrogens with one attached hydrogen (secondary N) is 1. The van der Waals surface area contributed by atoms with E-state index in [2.05, 4.69) is 24.1 Å². The first kappa shape index (κ1) is 30.1. The first-order valence-electron chi connectivity index (χ1n) is 12.9. The largest absolute Gasteiger partial charge is 0.463 e. The fourth-order valence-electron chi connectivity index (χ4n) is 4.56. The van der Waals surface area contributed by atoms with E-state index >= 15 is 0 Å². The molecule has 2 unspecified atom stereocenters. The SMILES string of the molecule is CCOC(=O)/C(C)=C/[C@H](C(C)C)N(C)C(=O)[C@@H](NC(=O)C1CCCCN1C(C)CC)C(C)(C)C. The van der Waals surface area contributed by atoms with E-state index in [0.717, 1.165) is 32.2 Å². The van der Waals surface area contributed by atoms with Gasteiger partial charge < -0.3 is 15.0 Å². The molecule has 0 saturated carbocycles. The number of hydrogen-bond acceptors (Lipinski definition) is 5. The summed E-state index contributed by atoms with van der Waals surface area (Å²) in [6.45, 7) is 18.9. The average molecular weight is 480 g/mol. The molecule has 1 fully saturated rings. The van der Waals surface area contributed by atoms with E-state index in [-0.39, 0.29) is 35.8 Å². The maximum Gasteiger partial charge on any atom is 0.333 e. The molecule has 0 aromatic heterocycles. The average Bonchev–Trinajstić information content (AvgIpc) is 2.78. The molecule has 34 heavy (non-hydrogen) atoms. The fraction of sp³-hybridized carbons (Fsp3) is 0.815. The molecule has 0 radical (unpaired) electrons. The van der Waals surface area contributed by atoms with E-state index in [9.17, 15) is 14.4 Å². The summed E-state index contributed by atoms with van der Waals surface area (Å²) in [7, 11) is 1.75. The molecule has 1 N–H and O–H groups in total. The number of carbonyl (C=O) groups is 3. The molecule has 1 heterocycles. The quantitative estimate of drug-likeness (QED) is 0.376. The molecule has 0 aromatic rings. The van der Waals surface area contributed by atoms with Crippen LogP contribution in [-0.4, -0.2) is 72.0 Å². The van der Waals surface area contributed by atoms with Gasteiger partial charge in [0, 0.05) is 18.7 Å². The number of likely N-dealkylation sites (tertiary alicyclic amines) is 1. The lowest BCUT2D eigenvalue weighted by molar-refractivity contribution is -0.142. The number of hydrogen-bond donors (Lipinski definition) is 1. The Kier molecular flexibility index (Phi) is 11.8. The highest BCUT2D eigenvalue weighted by atomic mass is 16.5. The number of amides is 2. The van der Waals surface area contributed by atoms with Crippen LogP contribution in [0, 0.1) is 11.3 Å². The van der Waals surface area contributed by atoms with E-state index < -0.39 is 11.5 Å². The second-order valence-electron chi connectivity index (χ2n) is 11.1. The van der Waals surface area contributed by atoms with Crippen molar-refractivity contribution in [3.8, 4) is 0 Å². The van der Waals surface area contributed by atoms with Gasteiger partial charge in [-0.1, -0.05) is 54.0 Å². The van der Waals surface area contributed by atoms with Gasteiger partial charge in [-0.2, -0.15) is 0 Å². The van der Waals surface area contributed by atoms with Gasteiger partial charge in [-0.15, -0.1) is 0 Å². The topological polar surface area (TPSA) is 79.0 Å². The Morgan fingerprint density at radius 1 is 1.15 bits per heavy atom. The van der Waals surface area contributed by atoms with Gasteiger partial charge in [0.1, 0.15) is 6.04 Å². The van der Waals surface area contributed by atoms with Crippen LogP contribution in [0.3, 0.4) is 0 Å². The van der Waals surface area contributed by atoms with Crippen LogP contribution >= 0.6 is 0 Å². The summed E-state index contributed by atoms with van der Waals surface area (Å²) in [4.78, 5) is 43.3. The summed E-state index contributed by atoms with van der Waals surface area (Å²) >= 11 is 0. The van der Waals surface area contributed by atoms with Crippen LogP contribution in [0.5, 0.6) is 0 Å². The molecule has 0 bridgehead atoms. The van der Waals surface area contributed by atoms with Gasteiger partial charge in [0.05, 0.1) is 18.7 Å². The maximum atomic E-state index is 13.8. The van der Waals surface area contributed by atoms with Crippen LogP contribution in [0.2, 0.25) is 0 Å². The van der Waals surface area contributed by atoms with Crippen molar-refractivity contribution in [2.75, 3.05) is 20.2 Å². The summed E-state index contributed by atoms with van der Waals surface area (Å²) in [5.41, 5.74) is 0.00104. The molecular formula is C27H49N3O4. The Labute approximate surface area is 207 Å². The highest BCUT2D eigenvalue weighted by molar-refractivity contribution is 5.91. The molecule has 7 heteroatoms. The number of carbonyl (C=O) groups excluding carboxylic acids is 3. The summed E-state index contributed by atoms with van der Waals surface area (Å²) in [6, 6.07) is -0.865. The predicted molar refractivity (Wildman–Crippen MR) is 137 cm³/mol. The van der Waals surface area contributed by atoms with Crippen molar-refractivity contribution < 1.29 is 19.1 Å². The van der Waals surface area contributed by atoms with E-state index in [1.54, 1.807) is 31.9 Å². The predicted octanol–water partition coefficient (Wildman–Crippen LogP) is 4.16. The molecule has 1 rings (SSSR count). The molecule has 0 aromatic carbocycles. The van der Waals surface area contributed by atoms with Crippen molar-refractivity contribution in [2.45, 2.75) is 112 Å². The number of esters is 1. The van der Waals surface area contributed by atoms with Gasteiger partial charge in [0.2, 0.25) is 11.8 Å². The minimum Gasteiger partial charge on any atom is -0.463 e. The Bertz CT molecular complexity index is 726. The molecule has 4 atom stereocenters. The third kappa shape index (κ3) is 8.10. The van der Waals surface area contributed by atoms with E-state index in [1.165, 1.54) is 0 Å². The van der Waals surface area contributed by atoms with Gasteiger partial charge in [-0.05, 0) is 57.9 Å². The molecule has 0 aliphatic carbocycles. The van der Waals surface area contributed by atoms with Crippen LogP contribution in [0.25, 0.3) is 0 Å². The van der Waals surface area contributed by atoms with E-state index in [1.807, 2.05) is 34.6 Å². The third-order valence-electron chi connectivity index (χ3n) is 6.90. The first-order chi connectivity index (χ1) is 15.8. The standard InChI is InChI=1S/C27H49N3O4/c1-11-20(6)30-16-14-13-15-21(30)24(31)28-23(27(7,8)9)25(32)29(10)22(18(3)4)17-19(5)26(33)34-12-2/h17-18,20-23H,11-16H2,1-10H3,(H,28,31)/b19-17+/t20?,21?,22-,23-/m1/s1. The Balaban J connectivity index is 3.17. The van der Waals surface area contributed by atoms with E-state index in [4.69, 9.17) is 4.74 Å². The molecule has 7 nitrogen and oxygen atoms in total. The number of ether oxygens (including phenoxy) is 1. The van der Waals surface area contributed by atoms with Crippen LogP contribution in [0.15, 0.2) is 11.6 Å². The van der Waals surface area contributed by atoms with Gasteiger partial charge >= 0.3 is 5.97 Å². The Morgan fingerprint density at radius 2 is 1.76 bits per heavy atom. The van der Waals surface area contributed by atoms with Gasteiger partial charge in [-0.3, -0.25) is 14.5 Å². The second kappa shape index (κ2) is 13.3. The lowest BCUT2D eigenvalue weighted by atomic mass is 9.84. The van der Waals surface area contributed by atoms with Crippen molar-refractivity contribution in [3.63, 3.8) is 0 Å². The van der Waals surface area contributed by atoms with Gasteiger partial charge in [-0.25, -0.2) is 4.79 Å². The number of likely N-dealkylation sites (N-methyl/N-ethyl adjacent to an activating group) is 1. The maximum absolute atomic E-state index is 13.8. The van der Waals surface area contributed by atoms with Crippen molar-refractivity contribution in [1.29, 1.82) is 0 Å². The molecule has 0 spiro atoms. The summed E-state index contributed by atoms with van der Waals surface area (Å²) < 4.78 is 5.11. The number of piperidine rings is 1. The normalized spacial score (nSPS) is 20.4. The number of rotatable bonds is 10. The Morgan fingerprint density at radius 3 is 2.26 bits per heavy atom. The van der Waals surface area contributed by atoms with Gasteiger partial charge in [0.15, 0.2) is 0 Å². The molecule has 1 saturated heterocycles. The number of nitrogens with zero attached hydrogens (tertiary/aromatic N) is 2. The lowest BCUT2D eigenvalue weighted by Crippen LogP contribution is -2.60. The Hall–Kier alpha value is -1.89. The van der Waals surface area contributed by atoms with Crippen LogP contribution < -0.4 is 5.32 Å². The molecule has 2 amide bonds. The van der Waals surface area contributed by atoms with E-state index in [0.29, 0.717) is 18.2 Å². The highest BCUT2D eigenvalue weighted by Gasteiger charge is 2.40. The zero-order chi connectivity index (χ0) is 26.2. The summed E-state index contributed by atoms with van der Waals surface area (Å²) in [5.74, 6) is -0.523.